The Balaban J connectivity index is 2.80. The average Bonchev–Trinajstić information content (AvgIpc) is 2.41. The highest BCUT2D eigenvalue weighted by Crippen LogP contribution is 2.12. The van der Waals surface area contributed by atoms with Gasteiger partial charge < -0.3 is 5.32 Å². The van der Waals surface area contributed by atoms with Crippen LogP contribution in [0.2, 0.25) is 0 Å². The largest absolute Gasteiger partial charge is 0.349 e. The average molecular weight is 244 g/mol. The van der Waals surface area contributed by atoms with Crippen molar-refractivity contribution >= 4 is 17.5 Å². The number of hydrogen-bond donors (Lipinski definition) is 1. The van der Waals surface area contributed by atoms with Crippen molar-refractivity contribution in [1.29, 1.82) is 0 Å². The van der Waals surface area contributed by atoms with Crippen LogP contribution in [0, 0.1) is 13.8 Å². The van der Waals surface area contributed by atoms with Crippen LogP contribution in [0.25, 0.3) is 0 Å². The van der Waals surface area contributed by atoms with Crippen LogP contribution in [0.4, 0.5) is 0 Å². The second kappa shape index (κ2) is 5.34. The van der Waals surface area contributed by atoms with E-state index >= 15 is 0 Å². The lowest BCUT2D eigenvalue weighted by atomic mass is 10.1. The van der Waals surface area contributed by atoms with E-state index in [2.05, 4.69) is 10.4 Å². The van der Waals surface area contributed by atoms with Gasteiger partial charge in [-0.05, 0) is 27.2 Å². The monoisotopic (exact) mass is 243 g/mol. The van der Waals surface area contributed by atoms with Gasteiger partial charge in [-0.3, -0.25) is 9.48 Å². The number of halogens is 1. The van der Waals surface area contributed by atoms with Crippen molar-refractivity contribution in [3.8, 4) is 0 Å². The van der Waals surface area contributed by atoms with Gasteiger partial charge >= 0.3 is 0 Å². The number of aromatic nitrogens is 2. The van der Waals surface area contributed by atoms with Gasteiger partial charge in [0.1, 0.15) is 0 Å². The number of alkyl halides is 1. The number of aryl methyl sites for hydroxylation is 2. The number of amides is 1. The van der Waals surface area contributed by atoms with Crippen LogP contribution in [0.3, 0.4) is 0 Å². The van der Waals surface area contributed by atoms with Crippen LogP contribution >= 0.6 is 11.6 Å². The van der Waals surface area contributed by atoms with E-state index in [-0.39, 0.29) is 11.9 Å². The fraction of sp³-hybridized carbons (Fsp3) is 0.636. The molecule has 0 saturated carbocycles. The van der Waals surface area contributed by atoms with Crippen molar-refractivity contribution in [3.05, 3.63) is 17.0 Å². The minimum absolute atomic E-state index is 0.0688. The Morgan fingerprint density at radius 1 is 1.56 bits per heavy atom. The third kappa shape index (κ3) is 2.76. The first-order valence-electron chi connectivity index (χ1n) is 5.34. The molecular weight excluding hydrogens is 226 g/mol. The molecule has 1 atom stereocenters. The first-order chi connectivity index (χ1) is 7.47. The van der Waals surface area contributed by atoms with Crippen molar-refractivity contribution in [1.82, 2.24) is 15.1 Å². The Bertz CT molecular complexity index is 387. The molecule has 0 radical (unpaired) electrons. The summed E-state index contributed by atoms with van der Waals surface area (Å²) >= 11 is 5.62. The molecule has 90 valence electrons. The van der Waals surface area contributed by atoms with Crippen LogP contribution < -0.4 is 5.32 Å². The number of hydrogen-bond acceptors (Lipinski definition) is 2. The molecule has 0 aliphatic rings. The highest BCUT2D eigenvalue weighted by atomic mass is 35.5. The zero-order valence-electron chi connectivity index (χ0n) is 10.2. The standard InChI is InChI=1S/C11H18ClN3O/c1-7(5-6-12)13-11(16)10-8(2)14-15(4)9(10)3/h7H,5-6H2,1-4H3,(H,13,16). The Kier molecular flexibility index (Phi) is 4.35. The summed E-state index contributed by atoms with van der Waals surface area (Å²) in [6.07, 6.45) is 0.769. The van der Waals surface area contributed by atoms with E-state index in [0.717, 1.165) is 17.8 Å². The molecule has 0 bridgehead atoms. The first kappa shape index (κ1) is 13.0. The number of nitrogens with zero attached hydrogens (tertiary/aromatic N) is 2. The maximum atomic E-state index is 12.0. The van der Waals surface area contributed by atoms with Crippen LogP contribution in [0.15, 0.2) is 0 Å². The van der Waals surface area contributed by atoms with Crippen molar-refractivity contribution in [2.75, 3.05) is 5.88 Å². The highest BCUT2D eigenvalue weighted by molar-refractivity contribution is 6.17. The highest BCUT2D eigenvalue weighted by Gasteiger charge is 2.18. The van der Waals surface area contributed by atoms with Gasteiger partial charge in [-0.2, -0.15) is 5.10 Å². The van der Waals surface area contributed by atoms with Gasteiger partial charge in [0, 0.05) is 24.7 Å². The first-order valence-corrected chi connectivity index (χ1v) is 5.87. The lowest BCUT2D eigenvalue weighted by Crippen LogP contribution is -2.33. The SMILES string of the molecule is Cc1nn(C)c(C)c1C(=O)NC(C)CCCl. The smallest absolute Gasteiger partial charge is 0.255 e. The van der Waals surface area contributed by atoms with Gasteiger partial charge in [-0.15, -0.1) is 11.6 Å². The summed E-state index contributed by atoms with van der Waals surface area (Å²) < 4.78 is 1.72. The predicted molar refractivity (Wildman–Crippen MR) is 64.9 cm³/mol. The van der Waals surface area contributed by atoms with E-state index in [1.54, 1.807) is 4.68 Å². The third-order valence-electron chi connectivity index (χ3n) is 2.66. The fourth-order valence-electron chi connectivity index (χ4n) is 1.63. The molecule has 5 heteroatoms. The third-order valence-corrected chi connectivity index (χ3v) is 2.87. The molecule has 1 N–H and O–H groups in total. The molecule has 1 aromatic heterocycles. The van der Waals surface area contributed by atoms with Crippen molar-refractivity contribution < 1.29 is 4.79 Å². The molecule has 1 unspecified atom stereocenters. The topological polar surface area (TPSA) is 46.9 Å². The summed E-state index contributed by atoms with van der Waals surface area (Å²) in [7, 11) is 1.83. The molecule has 0 aliphatic carbocycles. The Morgan fingerprint density at radius 3 is 2.62 bits per heavy atom. The van der Waals surface area contributed by atoms with Crippen LogP contribution in [-0.2, 0) is 7.05 Å². The van der Waals surface area contributed by atoms with Crippen molar-refractivity contribution in [2.45, 2.75) is 33.2 Å². The van der Waals surface area contributed by atoms with Gasteiger partial charge in [-0.1, -0.05) is 0 Å². The summed E-state index contributed by atoms with van der Waals surface area (Å²) in [5, 5.41) is 7.13. The molecule has 0 aromatic carbocycles. The molecule has 1 rings (SSSR count). The van der Waals surface area contributed by atoms with E-state index in [1.165, 1.54) is 0 Å². The molecule has 1 aromatic rings. The Hall–Kier alpha value is -1.03. The second-order valence-corrected chi connectivity index (χ2v) is 4.40. The summed E-state index contributed by atoms with van der Waals surface area (Å²) in [6.45, 7) is 5.68. The summed E-state index contributed by atoms with van der Waals surface area (Å²) in [5.41, 5.74) is 2.31. The maximum Gasteiger partial charge on any atom is 0.255 e. The predicted octanol–water partition coefficient (Wildman–Crippen LogP) is 1.78. The summed E-state index contributed by atoms with van der Waals surface area (Å²) in [4.78, 5) is 12.0. The van der Waals surface area contributed by atoms with Crippen molar-refractivity contribution in [3.63, 3.8) is 0 Å². The van der Waals surface area contributed by atoms with Crippen LogP contribution in [0.1, 0.15) is 35.1 Å². The number of nitrogens with one attached hydrogen (secondary N) is 1. The lowest BCUT2D eigenvalue weighted by Gasteiger charge is -2.12. The quantitative estimate of drug-likeness (QED) is 0.820. The molecule has 1 heterocycles. The van der Waals surface area contributed by atoms with Gasteiger partial charge in [0.2, 0.25) is 0 Å². The van der Waals surface area contributed by atoms with Crippen LogP contribution in [0.5, 0.6) is 0 Å². The minimum Gasteiger partial charge on any atom is -0.349 e. The zero-order chi connectivity index (χ0) is 12.3. The van der Waals surface area contributed by atoms with E-state index < -0.39 is 0 Å². The molecule has 1 amide bonds. The minimum atomic E-state index is -0.0688. The van der Waals surface area contributed by atoms with Gasteiger partial charge in [0.15, 0.2) is 0 Å². The van der Waals surface area contributed by atoms with E-state index in [0.29, 0.717) is 11.4 Å². The lowest BCUT2D eigenvalue weighted by molar-refractivity contribution is 0.0938. The van der Waals surface area contributed by atoms with Crippen molar-refractivity contribution in [2.24, 2.45) is 7.05 Å². The second-order valence-electron chi connectivity index (χ2n) is 4.02. The molecule has 16 heavy (non-hydrogen) atoms. The van der Waals surface area contributed by atoms with Gasteiger partial charge in [0.25, 0.3) is 5.91 Å². The van der Waals surface area contributed by atoms with Crippen LogP contribution in [-0.4, -0.2) is 27.6 Å². The Labute approximate surface area is 101 Å². The molecule has 0 spiro atoms. The number of carbonyl (C=O) groups excluding carboxylic acids is 1. The van der Waals surface area contributed by atoms with E-state index in [1.807, 2.05) is 27.8 Å². The molecular formula is C11H18ClN3O. The molecule has 0 saturated heterocycles. The fourth-order valence-corrected chi connectivity index (χ4v) is 1.96. The maximum absolute atomic E-state index is 12.0. The van der Waals surface area contributed by atoms with Gasteiger partial charge in [0.05, 0.1) is 11.3 Å². The molecule has 4 nitrogen and oxygen atoms in total. The number of carbonyl (C=O) groups is 1. The Morgan fingerprint density at radius 2 is 2.19 bits per heavy atom. The summed E-state index contributed by atoms with van der Waals surface area (Å²) in [6, 6.07) is 0.0870. The normalized spacial score (nSPS) is 12.6. The van der Waals surface area contributed by atoms with E-state index in [9.17, 15) is 4.79 Å². The zero-order valence-corrected chi connectivity index (χ0v) is 10.9. The van der Waals surface area contributed by atoms with E-state index in [4.69, 9.17) is 11.6 Å². The molecule has 0 aliphatic heterocycles. The molecule has 0 fully saturated rings. The summed E-state index contributed by atoms with van der Waals surface area (Å²) in [5.74, 6) is 0.479. The van der Waals surface area contributed by atoms with Gasteiger partial charge in [-0.25, -0.2) is 0 Å². The number of rotatable bonds is 4.